The molecule has 4 aromatic rings. The molecule has 0 unspecified atom stereocenters. The van der Waals surface area contributed by atoms with Gasteiger partial charge in [0.25, 0.3) is 0 Å². The molecule has 0 nitrogen and oxygen atoms in total. The van der Waals surface area contributed by atoms with Crippen LogP contribution >= 0.6 is 0 Å². The Hall–Kier alpha value is -3.88. The molecule has 0 saturated heterocycles. The quantitative estimate of drug-likeness (QED) is 0.318. The molecule has 2 heteroatoms. The van der Waals surface area contributed by atoms with Crippen LogP contribution < -0.4 is 0 Å². The monoisotopic (exact) mass is 378 g/mol. The Balaban J connectivity index is 1.53. The largest absolute Gasteiger partial charge is 0.204 e. The van der Waals surface area contributed by atoms with Crippen LogP contribution in [-0.4, -0.2) is 0 Å². The number of aryl methyl sites for hydroxylation is 1. The van der Waals surface area contributed by atoms with E-state index in [4.69, 9.17) is 0 Å². The van der Waals surface area contributed by atoms with Gasteiger partial charge in [-0.15, -0.1) is 0 Å². The van der Waals surface area contributed by atoms with Gasteiger partial charge in [0.15, 0.2) is 11.6 Å². The van der Waals surface area contributed by atoms with E-state index in [9.17, 15) is 8.78 Å². The molecule has 0 amide bonds. The highest BCUT2D eigenvalue weighted by Crippen LogP contribution is 2.21. The first-order valence-electron chi connectivity index (χ1n) is 9.17. The summed E-state index contributed by atoms with van der Waals surface area (Å²) >= 11 is 0. The predicted molar refractivity (Wildman–Crippen MR) is 113 cm³/mol. The van der Waals surface area contributed by atoms with E-state index >= 15 is 0 Å². The van der Waals surface area contributed by atoms with Crippen molar-refractivity contribution in [2.45, 2.75) is 6.92 Å². The lowest BCUT2D eigenvalue weighted by Crippen LogP contribution is -1.86. The Morgan fingerprint density at radius 1 is 0.552 bits per heavy atom. The van der Waals surface area contributed by atoms with Crippen molar-refractivity contribution in [1.82, 2.24) is 0 Å². The topological polar surface area (TPSA) is 0 Å². The highest BCUT2D eigenvalue weighted by Gasteiger charge is 2.06. The highest BCUT2D eigenvalue weighted by molar-refractivity contribution is 5.84. The van der Waals surface area contributed by atoms with Crippen LogP contribution in [0.25, 0.3) is 10.8 Å². The lowest BCUT2D eigenvalue weighted by atomic mass is 10.1. The van der Waals surface area contributed by atoms with Crippen LogP contribution in [-0.2, 0) is 0 Å². The molecule has 29 heavy (non-hydrogen) atoms. The van der Waals surface area contributed by atoms with E-state index in [1.54, 1.807) is 24.3 Å². The van der Waals surface area contributed by atoms with Crippen LogP contribution in [0.2, 0.25) is 0 Å². The lowest BCUT2D eigenvalue weighted by molar-refractivity contribution is 0.517. The smallest absolute Gasteiger partial charge is 0.166 e. The maximum absolute atomic E-state index is 13.8. The van der Waals surface area contributed by atoms with E-state index < -0.39 is 11.6 Å². The molecule has 0 aliphatic carbocycles. The van der Waals surface area contributed by atoms with Gasteiger partial charge in [-0.25, -0.2) is 8.78 Å². The third-order valence-electron chi connectivity index (χ3n) is 4.55. The third kappa shape index (κ3) is 4.34. The third-order valence-corrected chi connectivity index (χ3v) is 4.55. The maximum atomic E-state index is 13.8. The van der Waals surface area contributed by atoms with Crippen molar-refractivity contribution in [2.24, 2.45) is 0 Å². The van der Waals surface area contributed by atoms with Gasteiger partial charge in [0, 0.05) is 27.6 Å². The molecule has 0 aliphatic heterocycles. The molecule has 0 spiro atoms. The maximum Gasteiger partial charge on any atom is 0.166 e. The molecular formula is C27H16F2. The van der Waals surface area contributed by atoms with Crippen LogP contribution in [0.4, 0.5) is 8.78 Å². The van der Waals surface area contributed by atoms with E-state index in [0.29, 0.717) is 5.39 Å². The number of hydrogen-bond acceptors (Lipinski definition) is 0. The molecule has 4 aromatic carbocycles. The van der Waals surface area contributed by atoms with E-state index in [1.807, 2.05) is 55.5 Å². The van der Waals surface area contributed by atoms with Gasteiger partial charge in [-0.3, -0.25) is 0 Å². The fraction of sp³-hybridized carbons (Fsp3) is 0.0370. The average molecular weight is 378 g/mol. The molecule has 0 N–H and O–H groups in total. The molecule has 0 fully saturated rings. The molecule has 0 aromatic heterocycles. The van der Waals surface area contributed by atoms with Crippen LogP contribution in [0.5, 0.6) is 0 Å². The molecule has 0 bridgehead atoms. The van der Waals surface area contributed by atoms with Gasteiger partial charge in [-0.2, -0.15) is 0 Å². The van der Waals surface area contributed by atoms with Crippen LogP contribution in [0.1, 0.15) is 27.8 Å². The van der Waals surface area contributed by atoms with Crippen molar-refractivity contribution >= 4 is 10.8 Å². The minimum absolute atomic E-state index is 0.257. The SMILES string of the molecule is Cc1ccc(C#Cc2ccc(C#Cc3ccc4c(F)c(F)ccc4c3)cc2)cc1. The Morgan fingerprint density at radius 3 is 1.62 bits per heavy atom. The second-order valence-corrected chi connectivity index (χ2v) is 6.74. The standard InChI is InChI=1S/C27H16F2/c1-19-2-4-20(5-3-19)6-7-21-8-10-22(11-9-21)12-13-23-14-16-25-24(18-23)15-17-26(28)27(25)29/h2-5,8-11,14-18H,1H3. The van der Waals surface area contributed by atoms with Crippen molar-refractivity contribution < 1.29 is 8.78 Å². The normalized spacial score (nSPS) is 10.0. The zero-order chi connectivity index (χ0) is 20.2. The summed E-state index contributed by atoms with van der Waals surface area (Å²) in [5.74, 6) is 10.8. The van der Waals surface area contributed by atoms with Gasteiger partial charge in [0.05, 0.1) is 0 Å². The van der Waals surface area contributed by atoms with Gasteiger partial charge in [0.2, 0.25) is 0 Å². The molecule has 0 atom stereocenters. The summed E-state index contributed by atoms with van der Waals surface area (Å²) < 4.78 is 27.1. The Labute approximate surface area is 168 Å². The van der Waals surface area contributed by atoms with E-state index in [1.165, 1.54) is 5.56 Å². The van der Waals surface area contributed by atoms with Crippen LogP contribution in [0.15, 0.2) is 78.9 Å². The van der Waals surface area contributed by atoms with Crippen LogP contribution in [0, 0.1) is 42.2 Å². The van der Waals surface area contributed by atoms with Crippen molar-refractivity contribution in [3.05, 3.63) is 118 Å². The van der Waals surface area contributed by atoms with Crippen molar-refractivity contribution in [3.63, 3.8) is 0 Å². The zero-order valence-corrected chi connectivity index (χ0v) is 15.8. The number of fused-ring (bicyclic) bond motifs is 1. The molecule has 0 saturated carbocycles. The number of rotatable bonds is 0. The van der Waals surface area contributed by atoms with Crippen molar-refractivity contribution in [3.8, 4) is 23.7 Å². The first kappa shape index (κ1) is 18.5. The number of halogens is 2. The predicted octanol–water partition coefficient (Wildman–Crippen LogP) is 6.23. The fourth-order valence-corrected chi connectivity index (χ4v) is 2.91. The van der Waals surface area contributed by atoms with Gasteiger partial charge < -0.3 is 0 Å². The second-order valence-electron chi connectivity index (χ2n) is 6.74. The lowest BCUT2D eigenvalue weighted by Gasteiger charge is -2.01. The van der Waals surface area contributed by atoms with Gasteiger partial charge in [-0.1, -0.05) is 53.5 Å². The summed E-state index contributed by atoms with van der Waals surface area (Å²) in [6.07, 6.45) is 0. The van der Waals surface area contributed by atoms with Gasteiger partial charge in [-0.05, 0) is 66.9 Å². The summed E-state index contributed by atoms with van der Waals surface area (Å²) in [6.45, 7) is 2.05. The Kier molecular flexibility index (Phi) is 5.10. The van der Waals surface area contributed by atoms with Gasteiger partial charge >= 0.3 is 0 Å². The first-order chi connectivity index (χ1) is 14.1. The summed E-state index contributed by atoms with van der Waals surface area (Å²) in [4.78, 5) is 0. The number of hydrogen-bond donors (Lipinski definition) is 0. The molecule has 4 rings (SSSR count). The molecule has 138 valence electrons. The summed E-state index contributed by atoms with van der Waals surface area (Å²) in [7, 11) is 0. The fourth-order valence-electron chi connectivity index (χ4n) is 2.91. The van der Waals surface area contributed by atoms with Crippen molar-refractivity contribution in [2.75, 3.05) is 0 Å². The van der Waals surface area contributed by atoms with E-state index in [0.717, 1.165) is 28.3 Å². The highest BCUT2D eigenvalue weighted by atomic mass is 19.2. The van der Waals surface area contributed by atoms with E-state index in [2.05, 4.69) is 23.7 Å². The summed E-state index contributed by atoms with van der Waals surface area (Å²) in [5.41, 5.74) is 4.71. The minimum atomic E-state index is -0.845. The Morgan fingerprint density at radius 2 is 1.03 bits per heavy atom. The summed E-state index contributed by atoms with van der Waals surface area (Å²) in [6, 6.07) is 23.5. The minimum Gasteiger partial charge on any atom is -0.204 e. The summed E-state index contributed by atoms with van der Waals surface area (Å²) in [5, 5.41) is 0.879. The number of benzene rings is 4. The van der Waals surface area contributed by atoms with E-state index in [-0.39, 0.29) is 5.39 Å². The molecular weight excluding hydrogens is 362 g/mol. The molecule has 0 aliphatic rings. The second kappa shape index (κ2) is 8.01. The first-order valence-corrected chi connectivity index (χ1v) is 9.17. The Bertz CT molecular complexity index is 1310. The van der Waals surface area contributed by atoms with Crippen molar-refractivity contribution in [1.29, 1.82) is 0 Å². The molecule has 0 radical (unpaired) electrons. The van der Waals surface area contributed by atoms with Gasteiger partial charge in [0.1, 0.15) is 0 Å². The molecule has 0 heterocycles. The average Bonchev–Trinajstić information content (AvgIpc) is 2.75. The zero-order valence-electron chi connectivity index (χ0n) is 15.8. The van der Waals surface area contributed by atoms with Crippen LogP contribution in [0.3, 0.4) is 0 Å².